The minimum atomic E-state index is -0.940. The van der Waals surface area contributed by atoms with Crippen LogP contribution in [-0.2, 0) is 6.42 Å². The second-order valence-electron chi connectivity index (χ2n) is 6.27. The number of thioether (sulfide) groups is 1. The first-order valence-corrected chi connectivity index (χ1v) is 11.5. The molecular weight excluding hydrogens is 445 g/mol. The van der Waals surface area contributed by atoms with Crippen LogP contribution in [0.1, 0.15) is 15.9 Å². The number of aromatic nitrogens is 1. The van der Waals surface area contributed by atoms with E-state index in [9.17, 15) is 19.3 Å². The van der Waals surface area contributed by atoms with Gasteiger partial charge in [-0.15, -0.1) is 11.3 Å². The zero-order valence-electron chi connectivity index (χ0n) is 15.3. The second kappa shape index (κ2) is 8.90. The highest BCUT2D eigenvalue weighted by molar-refractivity contribution is 8.01. The summed E-state index contributed by atoms with van der Waals surface area (Å²) in [5.74, 6) is -0.680. The monoisotopic (exact) mass is 459 g/mol. The standard InChI is InChI=1S/C20H14FN3O3S3/c21-16-10-14(24(26)27)2-3-15(16)19(25)22-13-1-4-17-18(9-13)30-20(23-17)29-8-6-12-5-7-28-11-12/h1-5,7,9-11H,6,8H2,(H,22,25). The Hall–Kier alpha value is -2.82. The summed E-state index contributed by atoms with van der Waals surface area (Å²) in [5, 5.41) is 17.6. The molecule has 0 atom stereocenters. The SMILES string of the molecule is O=C(Nc1ccc2nc(SCCc3ccsc3)sc2c1)c1ccc([N+](=O)[O-])cc1F. The predicted molar refractivity (Wildman–Crippen MR) is 119 cm³/mol. The van der Waals surface area contributed by atoms with Gasteiger partial charge in [0.1, 0.15) is 5.82 Å². The van der Waals surface area contributed by atoms with E-state index in [2.05, 4.69) is 27.1 Å². The predicted octanol–water partition coefficient (Wildman–Crippen LogP) is 5.99. The number of non-ortho nitro benzene ring substituents is 1. The highest BCUT2D eigenvalue weighted by atomic mass is 32.2. The summed E-state index contributed by atoms with van der Waals surface area (Å²) < 4.78 is 15.9. The average molecular weight is 460 g/mol. The van der Waals surface area contributed by atoms with Crippen molar-refractivity contribution in [3.05, 3.63) is 80.3 Å². The summed E-state index contributed by atoms with van der Waals surface area (Å²) >= 11 is 4.91. The Balaban J connectivity index is 1.44. The van der Waals surface area contributed by atoms with Crippen LogP contribution in [0.25, 0.3) is 10.2 Å². The zero-order chi connectivity index (χ0) is 21.1. The van der Waals surface area contributed by atoms with Crippen LogP contribution < -0.4 is 5.32 Å². The molecule has 10 heteroatoms. The molecule has 4 rings (SSSR count). The fourth-order valence-electron chi connectivity index (χ4n) is 2.73. The maximum absolute atomic E-state index is 14.1. The molecule has 0 fully saturated rings. The smallest absolute Gasteiger partial charge is 0.272 e. The van der Waals surface area contributed by atoms with Crippen LogP contribution in [0, 0.1) is 15.9 Å². The third-order valence-electron chi connectivity index (χ3n) is 4.23. The van der Waals surface area contributed by atoms with Gasteiger partial charge in [0.05, 0.1) is 26.8 Å². The summed E-state index contributed by atoms with van der Waals surface area (Å²) in [7, 11) is 0. The number of benzene rings is 2. The van der Waals surface area contributed by atoms with E-state index < -0.39 is 22.3 Å². The molecule has 152 valence electrons. The van der Waals surface area contributed by atoms with E-state index >= 15 is 0 Å². The Morgan fingerprint density at radius 2 is 2.10 bits per heavy atom. The first-order chi connectivity index (χ1) is 14.5. The van der Waals surface area contributed by atoms with E-state index in [1.807, 2.05) is 0 Å². The van der Waals surface area contributed by atoms with Crippen molar-refractivity contribution in [2.24, 2.45) is 0 Å². The number of anilines is 1. The van der Waals surface area contributed by atoms with Crippen molar-refractivity contribution in [3.63, 3.8) is 0 Å². The minimum Gasteiger partial charge on any atom is -0.322 e. The molecule has 0 aliphatic rings. The van der Waals surface area contributed by atoms with Gasteiger partial charge in [-0.2, -0.15) is 11.3 Å². The number of thiazole rings is 1. The zero-order valence-corrected chi connectivity index (χ0v) is 17.8. The number of rotatable bonds is 7. The van der Waals surface area contributed by atoms with Crippen molar-refractivity contribution in [1.82, 2.24) is 4.98 Å². The molecule has 30 heavy (non-hydrogen) atoms. The summed E-state index contributed by atoms with van der Waals surface area (Å²) in [6.45, 7) is 0. The fraction of sp³-hybridized carbons (Fsp3) is 0.100. The number of fused-ring (bicyclic) bond motifs is 1. The Morgan fingerprint density at radius 1 is 1.23 bits per heavy atom. The lowest BCUT2D eigenvalue weighted by Crippen LogP contribution is -2.13. The van der Waals surface area contributed by atoms with E-state index in [4.69, 9.17) is 0 Å². The Morgan fingerprint density at radius 3 is 2.83 bits per heavy atom. The van der Waals surface area contributed by atoms with Crippen LogP contribution in [-0.4, -0.2) is 21.6 Å². The molecule has 1 N–H and O–H groups in total. The van der Waals surface area contributed by atoms with Gasteiger partial charge in [0, 0.05) is 17.5 Å². The molecule has 0 aliphatic carbocycles. The maximum atomic E-state index is 14.1. The third kappa shape index (κ3) is 4.66. The second-order valence-corrected chi connectivity index (χ2v) is 9.42. The molecule has 2 aromatic heterocycles. The number of nitro benzene ring substituents is 1. The highest BCUT2D eigenvalue weighted by Crippen LogP contribution is 2.32. The van der Waals surface area contributed by atoms with Crippen LogP contribution in [0.2, 0.25) is 0 Å². The van der Waals surface area contributed by atoms with Crippen LogP contribution in [0.4, 0.5) is 15.8 Å². The number of thiophene rings is 1. The quantitative estimate of drug-likeness (QED) is 0.208. The number of amides is 1. The Labute approximate surface area is 182 Å². The first-order valence-electron chi connectivity index (χ1n) is 8.79. The van der Waals surface area contributed by atoms with Crippen molar-refractivity contribution in [1.29, 1.82) is 0 Å². The normalized spacial score (nSPS) is 11.0. The van der Waals surface area contributed by atoms with E-state index in [-0.39, 0.29) is 5.56 Å². The molecule has 0 saturated carbocycles. The minimum absolute atomic E-state index is 0.255. The van der Waals surface area contributed by atoms with Gasteiger partial charge >= 0.3 is 0 Å². The van der Waals surface area contributed by atoms with Gasteiger partial charge in [-0.25, -0.2) is 9.37 Å². The van der Waals surface area contributed by atoms with Crippen LogP contribution in [0.3, 0.4) is 0 Å². The van der Waals surface area contributed by atoms with Crippen molar-refractivity contribution < 1.29 is 14.1 Å². The van der Waals surface area contributed by atoms with Gasteiger partial charge in [0.25, 0.3) is 11.6 Å². The number of nitrogens with zero attached hydrogens (tertiary/aromatic N) is 2. The first kappa shape index (κ1) is 20.5. The molecule has 2 aromatic carbocycles. The molecule has 4 aromatic rings. The number of halogens is 1. The van der Waals surface area contributed by atoms with Gasteiger partial charge in [-0.05, 0) is 53.1 Å². The van der Waals surface area contributed by atoms with E-state index in [1.165, 1.54) is 16.9 Å². The molecule has 0 saturated heterocycles. The van der Waals surface area contributed by atoms with Crippen molar-refractivity contribution in [2.75, 3.05) is 11.1 Å². The van der Waals surface area contributed by atoms with Gasteiger partial charge < -0.3 is 5.32 Å². The number of nitro groups is 1. The van der Waals surface area contributed by atoms with Crippen LogP contribution in [0.15, 0.2) is 57.6 Å². The van der Waals surface area contributed by atoms with Crippen LogP contribution >= 0.6 is 34.4 Å². The lowest BCUT2D eigenvalue weighted by Gasteiger charge is -2.06. The van der Waals surface area contributed by atoms with Crippen LogP contribution in [0.5, 0.6) is 0 Å². The fourth-order valence-corrected chi connectivity index (χ4v) is 5.60. The lowest BCUT2D eigenvalue weighted by molar-refractivity contribution is -0.385. The Bertz CT molecular complexity index is 1220. The molecule has 1 amide bonds. The molecular formula is C20H14FN3O3S3. The number of nitrogens with one attached hydrogen (secondary N) is 1. The number of hydrogen-bond donors (Lipinski definition) is 1. The highest BCUT2D eigenvalue weighted by Gasteiger charge is 2.17. The summed E-state index contributed by atoms with van der Waals surface area (Å²) in [6.07, 6.45) is 0.978. The van der Waals surface area contributed by atoms with Crippen molar-refractivity contribution in [3.8, 4) is 0 Å². The molecule has 0 spiro atoms. The Kier molecular flexibility index (Phi) is 6.07. The summed E-state index contributed by atoms with van der Waals surface area (Å²) in [4.78, 5) is 27.0. The third-order valence-corrected chi connectivity index (χ3v) is 7.13. The summed E-state index contributed by atoms with van der Waals surface area (Å²) in [6, 6.07) is 10.4. The van der Waals surface area contributed by atoms with Crippen molar-refractivity contribution in [2.45, 2.75) is 10.8 Å². The molecule has 6 nitrogen and oxygen atoms in total. The molecule has 0 radical (unpaired) electrons. The molecule has 0 aliphatic heterocycles. The van der Waals surface area contributed by atoms with Gasteiger partial charge in [0.15, 0.2) is 4.34 Å². The molecule has 2 heterocycles. The molecule has 0 bridgehead atoms. The number of hydrogen-bond acceptors (Lipinski definition) is 7. The van der Waals surface area contributed by atoms with Crippen molar-refractivity contribution >= 4 is 61.9 Å². The summed E-state index contributed by atoms with van der Waals surface area (Å²) in [5.41, 5.74) is 1.99. The number of carbonyl (C=O) groups excluding carboxylic acids is 1. The van der Waals surface area contributed by atoms with Gasteiger partial charge in [-0.3, -0.25) is 14.9 Å². The molecule has 0 unspecified atom stereocenters. The average Bonchev–Trinajstić information content (AvgIpc) is 3.37. The maximum Gasteiger partial charge on any atom is 0.272 e. The van der Waals surface area contributed by atoms with E-state index in [0.717, 1.165) is 44.9 Å². The topological polar surface area (TPSA) is 85.1 Å². The van der Waals surface area contributed by atoms with Gasteiger partial charge in [0.2, 0.25) is 0 Å². The van der Waals surface area contributed by atoms with Gasteiger partial charge in [-0.1, -0.05) is 11.8 Å². The lowest BCUT2D eigenvalue weighted by atomic mass is 10.1. The number of carbonyl (C=O) groups is 1. The van der Waals surface area contributed by atoms with E-state index in [0.29, 0.717) is 5.69 Å². The largest absolute Gasteiger partial charge is 0.322 e. The van der Waals surface area contributed by atoms with E-state index in [1.54, 1.807) is 41.3 Å². The number of aryl methyl sites for hydroxylation is 1.